The van der Waals surface area contributed by atoms with Crippen molar-refractivity contribution in [1.82, 2.24) is 4.90 Å². The number of aryl methyl sites for hydroxylation is 1. The molecular weight excluding hydrogens is 284 g/mol. The maximum absolute atomic E-state index is 11.8. The molecule has 0 unspecified atom stereocenters. The fraction of sp³-hybridized carbons (Fsp3) is 0.385. The number of amides is 1. The lowest BCUT2D eigenvalue weighted by Gasteiger charge is -2.17. The molecule has 1 amide bonds. The van der Waals surface area contributed by atoms with E-state index in [9.17, 15) is 4.79 Å². The quantitative estimate of drug-likeness (QED) is 0.818. The van der Waals surface area contributed by atoms with Crippen molar-refractivity contribution in [1.29, 1.82) is 0 Å². The molecule has 4 nitrogen and oxygen atoms in total. The lowest BCUT2D eigenvalue weighted by molar-refractivity contribution is -0.131. The van der Waals surface area contributed by atoms with Crippen LogP contribution >= 0.6 is 23.8 Å². The van der Waals surface area contributed by atoms with Crippen LogP contribution in [0.15, 0.2) is 18.2 Å². The number of hydrogen-bond acceptors (Lipinski definition) is 3. The van der Waals surface area contributed by atoms with E-state index in [4.69, 9.17) is 34.3 Å². The molecule has 2 N–H and O–H groups in total. The first-order valence-corrected chi connectivity index (χ1v) is 6.60. The summed E-state index contributed by atoms with van der Waals surface area (Å²) >= 11 is 10.7. The summed E-state index contributed by atoms with van der Waals surface area (Å²) in [6.45, 7) is 2.36. The maximum Gasteiger partial charge on any atom is 0.260 e. The highest BCUT2D eigenvalue weighted by Crippen LogP contribution is 2.25. The largest absolute Gasteiger partial charge is 0.482 e. The Hall–Kier alpha value is -1.33. The van der Waals surface area contributed by atoms with Gasteiger partial charge in [0, 0.05) is 20.0 Å². The number of benzene rings is 1. The molecule has 1 aromatic carbocycles. The first-order valence-electron chi connectivity index (χ1n) is 5.81. The monoisotopic (exact) mass is 300 g/mol. The summed E-state index contributed by atoms with van der Waals surface area (Å²) in [4.78, 5) is 13.7. The maximum atomic E-state index is 11.8. The molecule has 0 aromatic heterocycles. The van der Waals surface area contributed by atoms with Crippen molar-refractivity contribution in [2.45, 2.75) is 13.3 Å². The average molecular weight is 301 g/mol. The van der Waals surface area contributed by atoms with Gasteiger partial charge in [-0.15, -0.1) is 0 Å². The Labute approximate surface area is 123 Å². The molecule has 1 rings (SSSR count). The van der Waals surface area contributed by atoms with Gasteiger partial charge in [0.15, 0.2) is 6.61 Å². The van der Waals surface area contributed by atoms with E-state index < -0.39 is 0 Å². The van der Waals surface area contributed by atoms with E-state index >= 15 is 0 Å². The van der Waals surface area contributed by atoms with Gasteiger partial charge in [0.25, 0.3) is 5.91 Å². The summed E-state index contributed by atoms with van der Waals surface area (Å²) in [7, 11) is 1.68. The number of carbonyl (C=O) groups excluding carboxylic acids is 1. The van der Waals surface area contributed by atoms with Crippen LogP contribution in [0.4, 0.5) is 0 Å². The number of likely N-dealkylation sites (N-methyl/N-ethyl adjacent to an activating group) is 1. The fourth-order valence-corrected chi connectivity index (χ4v) is 1.64. The van der Waals surface area contributed by atoms with E-state index in [0.717, 1.165) is 5.56 Å². The van der Waals surface area contributed by atoms with Gasteiger partial charge in [-0.05, 0) is 24.6 Å². The third kappa shape index (κ3) is 5.44. The highest BCUT2D eigenvalue weighted by atomic mass is 35.5. The molecular formula is C13H17ClN2O2S. The summed E-state index contributed by atoms with van der Waals surface area (Å²) in [5.41, 5.74) is 6.41. The van der Waals surface area contributed by atoms with Crippen LogP contribution in [0.25, 0.3) is 0 Å². The molecule has 0 aliphatic carbocycles. The van der Waals surface area contributed by atoms with Crippen molar-refractivity contribution >= 4 is 34.7 Å². The van der Waals surface area contributed by atoms with E-state index in [2.05, 4.69) is 0 Å². The Kier molecular flexibility index (Phi) is 6.05. The van der Waals surface area contributed by atoms with Crippen molar-refractivity contribution in [3.8, 4) is 5.75 Å². The lowest BCUT2D eigenvalue weighted by Crippen LogP contribution is -2.33. The topological polar surface area (TPSA) is 55.6 Å². The van der Waals surface area contributed by atoms with Gasteiger partial charge in [-0.2, -0.15) is 0 Å². The summed E-state index contributed by atoms with van der Waals surface area (Å²) in [6.07, 6.45) is 0.503. The Morgan fingerprint density at radius 1 is 1.53 bits per heavy atom. The van der Waals surface area contributed by atoms with E-state index in [1.165, 1.54) is 4.90 Å². The summed E-state index contributed by atoms with van der Waals surface area (Å²) < 4.78 is 5.42. The second kappa shape index (κ2) is 7.31. The molecule has 0 bridgehead atoms. The summed E-state index contributed by atoms with van der Waals surface area (Å²) in [5, 5.41) is 0.490. The van der Waals surface area contributed by atoms with Gasteiger partial charge in [-0.3, -0.25) is 4.79 Å². The third-order valence-electron chi connectivity index (χ3n) is 2.56. The fourth-order valence-electron chi connectivity index (χ4n) is 1.37. The predicted molar refractivity (Wildman–Crippen MR) is 80.7 cm³/mol. The highest BCUT2D eigenvalue weighted by molar-refractivity contribution is 7.80. The molecule has 19 heavy (non-hydrogen) atoms. The van der Waals surface area contributed by atoms with Crippen molar-refractivity contribution in [2.24, 2.45) is 5.73 Å². The number of carbonyl (C=O) groups is 1. The van der Waals surface area contributed by atoms with E-state index in [0.29, 0.717) is 28.7 Å². The van der Waals surface area contributed by atoms with Crippen LogP contribution in [-0.4, -0.2) is 36.0 Å². The van der Waals surface area contributed by atoms with Crippen LogP contribution in [0.1, 0.15) is 12.0 Å². The predicted octanol–water partition coefficient (Wildman–Crippen LogP) is 2.16. The van der Waals surface area contributed by atoms with Gasteiger partial charge in [0.05, 0.1) is 10.0 Å². The molecule has 0 aliphatic heterocycles. The molecule has 0 heterocycles. The van der Waals surface area contributed by atoms with Gasteiger partial charge in [-0.25, -0.2) is 0 Å². The van der Waals surface area contributed by atoms with Gasteiger partial charge >= 0.3 is 0 Å². The molecule has 0 radical (unpaired) electrons. The van der Waals surface area contributed by atoms with Crippen LogP contribution in [0.3, 0.4) is 0 Å². The van der Waals surface area contributed by atoms with Crippen LogP contribution in [0, 0.1) is 6.92 Å². The lowest BCUT2D eigenvalue weighted by atomic mass is 10.2. The SMILES string of the molecule is Cc1ccc(Cl)c(OCC(=O)N(C)CCC(N)=S)c1. The van der Waals surface area contributed by atoms with Crippen molar-refractivity contribution in [3.05, 3.63) is 28.8 Å². The van der Waals surface area contributed by atoms with E-state index in [-0.39, 0.29) is 12.5 Å². The molecule has 1 aromatic rings. The highest BCUT2D eigenvalue weighted by Gasteiger charge is 2.11. The third-order valence-corrected chi connectivity index (χ3v) is 3.07. The average Bonchev–Trinajstić information content (AvgIpc) is 2.36. The van der Waals surface area contributed by atoms with Crippen LogP contribution in [0.2, 0.25) is 5.02 Å². The van der Waals surface area contributed by atoms with E-state index in [1.54, 1.807) is 19.2 Å². The summed E-state index contributed by atoms with van der Waals surface area (Å²) in [5.74, 6) is 0.367. The molecule has 0 saturated carbocycles. The number of nitrogens with two attached hydrogens (primary N) is 1. The molecule has 104 valence electrons. The zero-order chi connectivity index (χ0) is 14.4. The summed E-state index contributed by atoms with van der Waals surface area (Å²) in [6, 6.07) is 5.42. The van der Waals surface area contributed by atoms with Crippen molar-refractivity contribution in [3.63, 3.8) is 0 Å². The van der Waals surface area contributed by atoms with Crippen LogP contribution < -0.4 is 10.5 Å². The Balaban J connectivity index is 2.49. The molecule has 6 heteroatoms. The molecule has 0 spiro atoms. The number of nitrogens with zero attached hydrogens (tertiary/aromatic N) is 1. The Morgan fingerprint density at radius 2 is 2.21 bits per heavy atom. The van der Waals surface area contributed by atoms with Gasteiger partial charge < -0.3 is 15.4 Å². The zero-order valence-corrected chi connectivity index (χ0v) is 12.6. The molecule has 0 saturated heterocycles. The second-order valence-electron chi connectivity index (χ2n) is 4.25. The van der Waals surface area contributed by atoms with Crippen molar-refractivity contribution in [2.75, 3.05) is 20.2 Å². The number of ether oxygens (including phenoxy) is 1. The normalized spacial score (nSPS) is 10.1. The first-order chi connectivity index (χ1) is 8.90. The number of rotatable bonds is 6. The van der Waals surface area contributed by atoms with Gasteiger partial charge in [0.2, 0.25) is 0 Å². The molecule has 0 fully saturated rings. The minimum absolute atomic E-state index is 0.0585. The van der Waals surface area contributed by atoms with Gasteiger partial charge in [0.1, 0.15) is 5.75 Å². The second-order valence-corrected chi connectivity index (χ2v) is 5.19. The first kappa shape index (κ1) is 15.7. The van der Waals surface area contributed by atoms with Crippen molar-refractivity contribution < 1.29 is 9.53 Å². The minimum atomic E-state index is -0.145. The standard InChI is InChI=1S/C13H17ClN2O2S/c1-9-3-4-10(14)11(7-9)18-8-13(17)16(2)6-5-12(15)19/h3-4,7H,5-6,8H2,1-2H3,(H2,15,19). The Bertz CT molecular complexity index is 480. The smallest absolute Gasteiger partial charge is 0.260 e. The van der Waals surface area contributed by atoms with Crippen LogP contribution in [-0.2, 0) is 4.79 Å². The number of thiocarbonyl (C=S) groups is 1. The van der Waals surface area contributed by atoms with Gasteiger partial charge in [-0.1, -0.05) is 29.9 Å². The zero-order valence-electron chi connectivity index (χ0n) is 11.0. The molecule has 0 atom stereocenters. The molecule has 0 aliphatic rings. The van der Waals surface area contributed by atoms with E-state index in [1.807, 2.05) is 13.0 Å². The van der Waals surface area contributed by atoms with Crippen LogP contribution in [0.5, 0.6) is 5.75 Å². The number of halogens is 1. The Morgan fingerprint density at radius 3 is 2.84 bits per heavy atom. The minimum Gasteiger partial charge on any atom is -0.482 e. The number of hydrogen-bond donors (Lipinski definition) is 1.